The first-order chi connectivity index (χ1) is 13.8. The van der Waals surface area contributed by atoms with Crippen molar-refractivity contribution in [1.29, 1.82) is 0 Å². The van der Waals surface area contributed by atoms with Crippen LogP contribution in [0.3, 0.4) is 0 Å². The first kappa shape index (κ1) is 22.1. The monoisotopic (exact) mass is 406 g/mol. The van der Waals surface area contributed by atoms with Crippen LogP contribution >= 0.6 is 0 Å². The molecule has 1 aromatic carbocycles. The second-order valence-electron chi connectivity index (χ2n) is 6.77. The number of rotatable bonds is 8. The van der Waals surface area contributed by atoms with Gasteiger partial charge >= 0.3 is 5.97 Å². The molecule has 0 radical (unpaired) electrons. The summed E-state index contributed by atoms with van der Waals surface area (Å²) in [6.45, 7) is 4.56. The van der Waals surface area contributed by atoms with Gasteiger partial charge in [0.25, 0.3) is 11.6 Å². The lowest BCUT2D eigenvalue weighted by atomic mass is 10.1. The van der Waals surface area contributed by atoms with Gasteiger partial charge in [-0.15, -0.1) is 0 Å². The highest BCUT2D eigenvalue weighted by atomic mass is 16.6. The van der Waals surface area contributed by atoms with Gasteiger partial charge in [0.15, 0.2) is 6.61 Å². The number of hydrogen-bond donors (Lipinski definition) is 2. The standard InChI is InChI=1S/C19H26N4O6/c1-3-20-18(25)13(2)21-17(24)12-29-19(26)14-7-8-15(16(11-14)23(27)28)22-9-5-4-6-10-22/h7-8,11,13H,3-6,9-10,12H2,1-2H3,(H,20,25)(H,21,24)/t13-/m0/s1. The molecule has 0 saturated carbocycles. The lowest BCUT2D eigenvalue weighted by Gasteiger charge is -2.28. The number of esters is 1. The van der Waals surface area contributed by atoms with E-state index in [-0.39, 0.29) is 17.2 Å². The molecule has 0 bridgehead atoms. The summed E-state index contributed by atoms with van der Waals surface area (Å²) < 4.78 is 4.93. The molecule has 1 saturated heterocycles. The molecule has 1 heterocycles. The van der Waals surface area contributed by atoms with Crippen molar-refractivity contribution >= 4 is 29.2 Å². The van der Waals surface area contributed by atoms with Crippen LogP contribution in [-0.2, 0) is 14.3 Å². The van der Waals surface area contributed by atoms with E-state index in [9.17, 15) is 24.5 Å². The number of carbonyl (C=O) groups is 3. The van der Waals surface area contributed by atoms with Gasteiger partial charge in [-0.05, 0) is 45.2 Å². The van der Waals surface area contributed by atoms with Crippen LogP contribution in [0, 0.1) is 10.1 Å². The molecule has 158 valence electrons. The van der Waals surface area contributed by atoms with Crippen molar-refractivity contribution < 1.29 is 24.0 Å². The Hall–Kier alpha value is -3.17. The summed E-state index contributed by atoms with van der Waals surface area (Å²) in [6, 6.07) is 3.39. The molecule has 0 spiro atoms. The molecule has 1 aliphatic rings. The minimum atomic E-state index is -0.848. The van der Waals surface area contributed by atoms with Gasteiger partial charge in [-0.2, -0.15) is 0 Å². The van der Waals surface area contributed by atoms with Gasteiger partial charge in [0.1, 0.15) is 11.7 Å². The fourth-order valence-electron chi connectivity index (χ4n) is 3.09. The van der Waals surface area contributed by atoms with Crippen molar-refractivity contribution in [2.75, 3.05) is 31.1 Å². The zero-order valence-corrected chi connectivity index (χ0v) is 16.6. The van der Waals surface area contributed by atoms with Crippen molar-refractivity contribution in [2.45, 2.75) is 39.2 Å². The molecule has 2 amide bonds. The molecule has 1 atom stereocenters. The fraction of sp³-hybridized carbons (Fsp3) is 0.526. The molecule has 0 aliphatic carbocycles. The number of anilines is 1. The van der Waals surface area contributed by atoms with Gasteiger partial charge in [-0.1, -0.05) is 0 Å². The Morgan fingerprint density at radius 1 is 1.24 bits per heavy atom. The summed E-state index contributed by atoms with van der Waals surface area (Å²) in [7, 11) is 0. The van der Waals surface area contributed by atoms with Crippen LogP contribution in [0.4, 0.5) is 11.4 Å². The Morgan fingerprint density at radius 3 is 2.55 bits per heavy atom. The lowest BCUT2D eigenvalue weighted by molar-refractivity contribution is -0.384. The van der Waals surface area contributed by atoms with Gasteiger partial charge < -0.3 is 20.3 Å². The quantitative estimate of drug-likeness (QED) is 0.379. The number of amides is 2. The Balaban J connectivity index is 1.99. The highest BCUT2D eigenvalue weighted by Gasteiger charge is 2.24. The SMILES string of the molecule is CCNC(=O)[C@H](C)NC(=O)COC(=O)c1ccc(N2CCCCC2)c([N+](=O)[O-])c1. The zero-order chi connectivity index (χ0) is 21.4. The highest BCUT2D eigenvalue weighted by molar-refractivity contribution is 5.93. The molecule has 1 aromatic rings. The summed E-state index contributed by atoms with van der Waals surface area (Å²) >= 11 is 0. The third-order valence-corrected chi connectivity index (χ3v) is 4.56. The number of nitrogens with one attached hydrogen (secondary N) is 2. The fourth-order valence-corrected chi connectivity index (χ4v) is 3.09. The molecule has 29 heavy (non-hydrogen) atoms. The van der Waals surface area contributed by atoms with Gasteiger partial charge in [0.05, 0.1) is 10.5 Å². The molecule has 10 nitrogen and oxygen atoms in total. The van der Waals surface area contributed by atoms with E-state index in [1.165, 1.54) is 25.1 Å². The van der Waals surface area contributed by atoms with E-state index in [4.69, 9.17) is 4.74 Å². The van der Waals surface area contributed by atoms with Gasteiger partial charge in [-0.3, -0.25) is 19.7 Å². The second kappa shape index (κ2) is 10.4. The summed E-state index contributed by atoms with van der Waals surface area (Å²) in [4.78, 5) is 48.5. The summed E-state index contributed by atoms with van der Waals surface area (Å²) in [5.74, 6) is -1.84. The number of benzene rings is 1. The smallest absolute Gasteiger partial charge is 0.338 e. The lowest BCUT2D eigenvalue weighted by Crippen LogP contribution is -2.46. The minimum absolute atomic E-state index is 0.0120. The molecule has 1 fully saturated rings. The molecular weight excluding hydrogens is 380 g/mol. The molecule has 2 rings (SSSR count). The van der Waals surface area contributed by atoms with Crippen molar-refractivity contribution in [1.82, 2.24) is 10.6 Å². The highest BCUT2D eigenvalue weighted by Crippen LogP contribution is 2.31. The Morgan fingerprint density at radius 2 is 1.93 bits per heavy atom. The average molecular weight is 406 g/mol. The number of piperidine rings is 1. The first-order valence-electron chi connectivity index (χ1n) is 9.61. The van der Waals surface area contributed by atoms with Crippen molar-refractivity contribution in [3.8, 4) is 0 Å². The van der Waals surface area contributed by atoms with Gasteiger partial charge in [0, 0.05) is 25.7 Å². The number of carbonyl (C=O) groups excluding carboxylic acids is 3. The van der Waals surface area contributed by atoms with Crippen LogP contribution in [0.2, 0.25) is 0 Å². The van der Waals surface area contributed by atoms with Crippen LogP contribution in [0.5, 0.6) is 0 Å². The maximum Gasteiger partial charge on any atom is 0.338 e. The zero-order valence-electron chi connectivity index (χ0n) is 16.6. The molecule has 1 aliphatic heterocycles. The van der Waals surface area contributed by atoms with Crippen molar-refractivity contribution in [3.63, 3.8) is 0 Å². The third-order valence-electron chi connectivity index (χ3n) is 4.56. The largest absolute Gasteiger partial charge is 0.452 e. The van der Waals surface area contributed by atoms with E-state index in [1.807, 2.05) is 4.90 Å². The summed E-state index contributed by atoms with van der Waals surface area (Å²) in [6.07, 6.45) is 3.02. The van der Waals surface area contributed by atoms with E-state index < -0.39 is 29.4 Å². The molecular formula is C19H26N4O6. The van der Waals surface area contributed by atoms with Crippen LogP contribution in [0.25, 0.3) is 0 Å². The maximum absolute atomic E-state index is 12.2. The number of likely N-dealkylation sites (N-methyl/N-ethyl adjacent to an activating group) is 1. The second-order valence-corrected chi connectivity index (χ2v) is 6.77. The summed E-state index contributed by atoms with van der Waals surface area (Å²) in [5, 5.41) is 16.4. The van der Waals surface area contributed by atoms with Crippen molar-refractivity contribution in [2.24, 2.45) is 0 Å². The van der Waals surface area contributed by atoms with Crippen LogP contribution < -0.4 is 15.5 Å². The number of nitrogens with zero attached hydrogens (tertiary/aromatic N) is 2. The number of nitro benzene ring substituents is 1. The number of nitro groups is 1. The van der Waals surface area contributed by atoms with Crippen LogP contribution in [-0.4, -0.2) is 55.0 Å². The van der Waals surface area contributed by atoms with E-state index in [1.54, 1.807) is 6.92 Å². The first-order valence-corrected chi connectivity index (χ1v) is 9.61. The van der Waals surface area contributed by atoms with Gasteiger partial charge in [0.2, 0.25) is 5.91 Å². The van der Waals surface area contributed by atoms with E-state index in [0.717, 1.165) is 32.4 Å². The topological polar surface area (TPSA) is 131 Å². The van der Waals surface area contributed by atoms with E-state index >= 15 is 0 Å². The van der Waals surface area contributed by atoms with Crippen molar-refractivity contribution in [3.05, 3.63) is 33.9 Å². The molecule has 2 N–H and O–H groups in total. The summed E-state index contributed by atoms with van der Waals surface area (Å²) in [5.41, 5.74) is 0.289. The molecule has 0 unspecified atom stereocenters. The van der Waals surface area contributed by atoms with Gasteiger partial charge in [-0.25, -0.2) is 4.79 Å². The van der Waals surface area contributed by atoms with Crippen LogP contribution in [0.1, 0.15) is 43.5 Å². The number of ether oxygens (including phenoxy) is 1. The molecule has 10 heteroatoms. The third kappa shape index (κ3) is 6.16. The Kier molecular flexibility index (Phi) is 7.93. The minimum Gasteiger partial charge on any atom is -0.452 e. The average Bonchev–Trinajstić information content (AvgIpc) is 2.72. The predicted molar refractivity (Wildman–Crippen MR) is 106 cm³/mol. The van der Waals surface area contributed by atoms with E-state index in [2.05, 4.69) is 10.6 Å². The predicted octanol–water partition coefficient (Wildman–Crippen LogP) is 1.38. The van der Waals surface area contributed by atoms with E-state index in [0.29, 0.717) is 12.2 Å². The van der Waals surface area contributed by atoms with Crippen LogP contribution in [0.15, 0.2) is 18.2 Å². The molecule has 0 aromatic heterocycles. The Bertz CT molecular complexity index is 776. The Labute approximate surface area is 168 Å². The number of hydrogen-bond acceptors (Lipinski definition) is 7. The maximum atomic E-state index is 12.2. The normalized spacial score (nSPS) is 14.6.